The zero-order chi connectivity index (χ0) is 24.8. The van der Waals surface area contributed by atoms with Gasteiger partial charge in [0.15, 0.2) is 0 Å². The van der Waals surface area contributed by atoms with E-state index in [0.29, 0.717) is 14.5 Å². The molecular formula is C36H21NSe. The quantitative estimate of drug-likeness (QED) is 0.167. The maximum absolute atomic E-state index is 2.54. The van der Waals surface area contributed by atoms with E-state index in [1.807, 2.05) is 0 Å². The van der Waals surface area contributed by atoms with Gasteiger partial charge in [-0.25, -0.2) is 0 Å². The molecule has 38 heavy (non-hydrogen) atoms. The second-order valence-electron chi connectivity index (χ2n) is 10.1. The first-order chi connectivity index (χ1) is 18.9. The van der Waals surface area contributed by atoms with Gasteiger partial charge in [0.05, 0.1) is 0 Å². The first-order valence-electron chi connectivity index (χ1n) is 13.0. The molecule has 6 aromatic carbocycles. The summed E-state index contributed by atoms with van der Waals surface area (Å²) in [5.41, 5.74) is 3.81. The number of para-hydroxylation sites is 2. The van der Waals surface area contributed by atoms with Crippen molar-refractivity contribution < 1.29 is 0 Å². The number of aromatic nitrogens is 1. The Kier molecular flexibility index (Phi) is 4.12. The number of rotatable bonds is 0. The molecule has 0 saturated heterocycles. The first kappa shape index (κ1) is 20.7. The third-order valence-corrected chi connectivity index (χ3v) is 10.5. The fraction of sp³-hybridized carbons (Fsp3) is 0. The van der Waals surface area contributed by atoms with E-state index in [9.17, 15) is 0 Å². The SMILES string of the molecule is c1ccc2c(c1)[se]c1ccc3c(c4cccc5c6ccccc6c6ccccc6c6ccccc6n3c54)c12. The standard InChI is InChI=1S/C36H21NSe/c1-3-12-24-22(10-1)23-11-2-4-13-25(23)27-16-9-17-29-34-31(37(36(27)29)30-18-7-5-14-26(24)30)20-21-33-35(34)28-15-6-8-19-32(28)38-33/h1-21H. The van der Waals surface area contributed by atoms with Gasteiger partial charge in [0, 0.05) is 0 Å². The van der Waals surface area contributed by atoms with Gasteiger partial charge in [-0.3, -0.25) is 0 Å². The minimum atomic E-state index is 0.334. The van der Waals surface area contributed by atoms with Gasteiger partial charge in [-0.15, -0.1) is 0 Å². The molecule has 3 heterocycles. The minimum absolute atomic E-state index is 0.334. The average molecular weight is 547 g/mol. The Hall–Kier alpha value is -4.36. The molecule has 0 fully saturated rings. The summed E-state index contributed by atoms with van der Waals surface area (Å²) < 4.78 is 5.52. The topological polar surface area (TPSA) is 4.41 Å². The second kappa shape index (κ2) is 7.58. The number of benzene rings is 6. The van der Waals surface area contributed by atoms with Crippen LogP contribution in [0.5, 0.6) is 0 Å². The van der Waals surface area contributed by atoms with Crippen LogP contribution in [0.1, 0.15) is 0 Å². The third kappa shape index (κ3) is 2.61. The molecule has 9 aromatic rings. The van der Waals surface area contributed by atoms with Crippen molar-refractivity contribution in [3.05, 3.63) is 127 Å². The van der Waals surface area contributed by atoms with E-state index in [1.54, 1.807) is 0 Å². The van der Waals surface area contributed by atoms with Gasteiger partial charge < -0.3 is 0 Å². The predicted octanol–water partition coefficient (Wildman–Crippen LogP) is 9.63. The van der Waals surface area contributed by atoms with Crippen molar-refractivity contribution in [2.75, 3.05) is 0 Å². The summed E-state index contributed by atoms with van der Waals surface area (Å²) >= 11 is 0.334. The number of hydrogen-bond acceptors (Lipinski definition) is 0. The zero-order valence-electron chi connectivity index (χ0n) is 20.5. The average Bonchev–Trinajstić information content (AvgIpc) is 3.53. The summed E-state index contributed by atoms with van der Waals surface area (Å²) in [4.78, 5) is 0. The number of nitrogens with zero attached hydrogens (tertiary/aromatic N) is 1. The Morgan fingerprint density at radius 2 is 0.895 bits per heavy atom. The summed E-state index contributed by atoms with van der Waals surface area (Å²) in [6, 6.07) is 47.4. The molecule has 3 aromatic heterocycles. The Bertz CT molecular complexity index is 2460. The van der Waals surface area contributed by atoms with Gasteiger partial charge in [-0.05, 0) is 0 Å². The molecule has 0 N–H and O–H groups in total. The van der Waals surface area contributed by atoms with Crippen LogP contribution in [0.2, 0.25) is 0 Å². The van der Waals surface area contributed by atoms with Crippen molar-refractivity contribution in [3.8, 4) is 0 Å². The van der Waals surface area contributed by atoms with Gasteiger partial charge in [-0.1, -0.05) is 0 Å². The Balaban J connectivity index is 1.74. The van der Waals surface area contributed by atoms with Crippen LogP contribution in [0.3, 0.4) is 0 Å². The molecule has 0 amide bonds. The summed E-state index contributed by atoms with van der Waals surface area (Å²) in [6.45, 7) is 0. The van der Waals surface area contributed by atoms with Crippen LogP contribution in [0.25, 0.3) is 78.9 Å². The van der Waals surface area contributed by atoms with Gasteiger partial charge in [0.1, 0.15) is 0 Å². The van der Waals surface area contributed by atoms with Crippen LogP contribution in [-0.2, 0) is 0 Å². The zero-order valence-corrected chi connectivity index (χ0v) is 22.2. The van der Waals surface area contributed by atoms with E-state index in [4.69, 9.17) is 0 Å². The third-order valence-electron chi connectivity index (χ3n) is 8.16. The summed E-state index contributed by atoms with van der Waals surface area (Å²) in [5, 5.41) is 13.2. The van der Waals surface area contributed by atoms with Crippen molar-refractivity contribution in [1.82, 2.24) is 4.40 Å². The Morgan fingerprint density at radius 1 is 0.342 bits per heavy atom. The van der Waals surface area contributed by atoms with Gasteiger partial charge >= 0.3 is 225 Å². The molecule has 0 spiro atoms. The monoisotopic (exact) mass is 547 g/mol. The normalized spacial score (nSPS) is 12.2. The second-order valence-corrected chi connectivity index (χ2v) is 12.4. The molecule has 1 nitrogen and oxygen atoms in total. The fourth-order valence-corrected chi connectivity index (χ4v) is 8.98. The van der Waals surface area contributed by atoms with Crippen molar-refractivity contribution in [3.63, 3.8) is 0 Å². The molecule has 0 aliphatic carbocycles. The van der Waals surface area contributed by atoms with Gasteiger partial charge in [0.25, 0.3) is 0 Å². The van der Waals surface area contributed by atoms with E-state index >= 15 is 0 Å². The predicted molar refractivity (Wildman–Crippen MR) is 166 cm³/mol. The first-order valence-corrected chi connectivity index (χ1v) is 14.8. The molecule has 2 heteroatoms. The molecule has 0 aliphatic rings. The van der Waals surface area contributed by atoms with Gasteiger partial charge in [-0.2, -0.15) is 0 Å². The Morgan fingerprint density at radius 3 is 1.66 bits per heavy atom. The molecule has 0 radical (unpaired) electrons. The van der Waals surface area contributed by atoms with Crippen LogP contribution in [0, 0.1) is 0 Å². The van der Waals surface area contributed by atoms with Crippen LogP contribution in [0.15, 0.2) is 127 Å². The van der Waals surface area contributed by atoms with Crippen LogP contribution in [0.4, 0.5) is 0 Å². The molecule has 0 unspecified atom stereocenters. The number of hydrogen-bond donors (Lipinski definition) is 0. The van der Waals surface area contributed by atoms with E-state index in [2.05, 4.69) is 132 Å². The molecule has 0 atom stereocenters. The number of fused-ring (bicyclic) bond motifs is 14. The van der Waals surface area contributed by atoms with E-state index in [-0.39, 0.29) is 0 Å². The Labute approximate surface area is 224 Å². The summed E-state index contributed by atoms with van der Waals surface area (Å²) in [5.74, 6) is 0. The van der Waals surface area contributed by atoms with E-state index in [1.165, 1.54) is 78.9 Å². The van der Waals surface area contributed by atoms with E-state index < -0.39 is 0 Å². The van der Waals surface area contributed by atoms with Crippen molar-refractivity contribution in [2.45, 2.75) is 0 Å². The van der Waals surface area contributed by atoms with Crippen LogP contribution in [-0.4, -0.2) is 18.9 Å². The van der Waals surface area contributed by atoms with Crippen molar-refractivity contribution in [1.29, 1.82) is 0 Å². The van der Waals surface area contributed by atoms with Gasteiger partial charge in [0.2, 0.25) is 0 Å². The summed E-state index contributed by atoms with van der Waals surface area (Å²) in [7, 11) is 0. The van der Waals surface area contributed by atoms with Crippen molar-refractivity contribution >= 4 is 93.4 Å². The molecule has 0 saturated carbocycles. The molecule has 176 valence electrons. The van der Waals surface area contributed by atoms with E-state index in [0.717, 1.165) is 0 Å². The molecule has 0 aliphatic heterocycles. The molecule has 9 rings (SSSR count). The van der Waals surface area contributed by atoms with Crippen LogP contribution >= 0.6 is 0 Å². The maximum atomic E-state index is 2.54. The molecular weight excluding hydrogens is 525 g/mol. The van der Waals surface area contributed by atoms with Crippen molar-refractivity contribution in [2.24, 2.45) is 0 Å². The summed E-state index contributed by atoms with van der Waals surface area (Å²) in [6.07, 6.45) is 0. The fourth-order valence-electron chi connectivity index (χ4n) is 6.64. The molecule has 0 bridgehead atoms. The van der Waals surface area contributed by atoms with Crippen LogP contribution < -0.4 is 0 Å².